The number of likely N-dealkylation sites (tertiary alicyclic amines) is 1. The second-order valence-electron chi connectivity index (χ2n) is 7.89. The molecule has 2 aliphatic rings. The lowest BCUT2D eigenvalue weighted by atomic mass is 9.88. The van der Waals surface area contributed by atoms with Crippen LogP contribution in [0.3, 0.4) is 0 Å². The number of ether oxygens (including phenoxy) is 1. The number of nitrogens with zero attached hydrogens (tertiary/aromatic N) is 2. The number of furan rings is 1. The molecule has 31 heavy (non-hydrogen) atoms. The molecule has 3 heterocycles. The maximum atomic E-state index is 12.3. The molecule has 2 aromatic rings. The van der Waals surface area contributed by atoms with E-state index in [1.807, 2.05) is 0 Å². The van der Waals surface area contributed by atoms with Crippen molar-refractivity contribution in [3.63, 3.8) is 0 Å². The Bertz CT molecular complexity index is 997. The molecule has 1 saturated heterocycles. The first-order valence-corrected chi connectivity index (χ1v) is 11.4. The summed E-state index contributed by atoms with van der Waals surface area (Å²) in [6.07, 6.45) is 9.91. The first-order chi connectivity index (χ1) is 15.1. The van der Waals surface area contributed by atoms with Gasteiger partial charge in [0.25, 0.3) is 0 Å². The third-order valence-electron chi connectivity index (χ3n) is 5.71. The minimum atomic E-state index is -0.307. The summed E-state index contributed by atoms with van der Waals surface area (Å²) in [4.78, 5) is 27.4. The van der Waals surface area contributed by atoms with E-state index < -0.39 is 0 Å². The summed E-state index contributed by atoms with van der Waals surface area (Å²) in [5.41, 5.74) is 1.56. The third kappa shape index (κ3) is 5.17. The molecule has 0 radical (unpaired) electrons. The van der Waals surface area contributed by atoms with Crippen LogP contribution in [0.4, 0.5) is 9.80 Å². The Morgan fingerprint density at radius 3 is 2.94 bits per heavy atom. The van der Waals surface area contributed by atoms with Crippen LogP contribution >= 0.6 is 11.3 Å². The topological polar surface area (TPSA) is 95.6 Å². The van der Waals surface area contributed by atoms with Crippen LogP contribution in [-0.4, -0.2) is 36.6 Å². The highest BCUT2D eigenvalue weighted by molar-refractivity contribution is 7.16. The molecule has 4 rings (SSSR count). The van der Waals surface area contributed by atoms with Crippen LogP contribution in [0.15, 0.2) is 28.9 Å². The zero-order valence-electron chi connectivity index (χ0n) is 17.3. The van der Waals surface area contributed by atoms with Crippen molar-refractivity contribution in [3.8, 4) is 6.07 Å². The summed E-state index contributed by atoms with van der Waals surface area (Å²) >= 11 is 1.44. The van der Waals surface area contributed by atoms with Gasteiger partial charge in [0.05, 0.1) is 18.4 Å². The Morgan fingerprint density at radius 1 is 1.35 bits per heavy atom. The van der Waals surface area contributed by atoms with Gasteiger partial charge in [-0.2, -0.15) is 5.26 Å². The Balaban J connectivity index is 1.36. The Hall–Kier alpha value is -3.05. The average molecular weight is 440 g/mol. The van der Waals surface area contributed by atoms with Gasteiger partial charge in [0.15, 0.2) is 0 Å². The maximum absolute atomic E-state index is 12.3. The SMILES string of the molecule is N#Cc1c(NC(=O)/C=C/c2ccco2)sc2c1CCC(COC(=O)N1CCCCC1)C2. The quantitative estimate of drug-likeness (QED) is 0.688. The van der Waals surface area contributed by atoms with Crippen LogP contribution < -0.4 is 5.32 Å². The molecule has 0 saturated carbocycles. The summed E-state index contributed by atoms with van der Waals surface area (Å²) < 4.78 is 10.8. The highest BCUT2D eigenvalue weighted by Gasteiger charge is 2.28. The summed E-state index contributed by atoms with van der Waals surface area (Å²) in [5, 5.41) is 13.0. The second-order valence-corrected chi connectivity index (χ2v) is 9.00. The number of nitrogens with one attached hydrogen (secondary N) is 1. The number of rotatable bonds is 5. The summed E-state index contributed by atoms with van der Waals surface area (Å²) in [5.74, 6) is 0.510. The molecule has 1 unspecified atom stereocenters. The fraction of sp³-hybridized carbons (Fsp3) is 0.435. The van der Waals surface area contributed by atoms with Gasteiger partial charge in [-0.1, -0.05) is 0 Å². The number of nitriles is 1. The van der Waals surface area contributed by atoms with Gasteiger partial charge in [0.2, 0.25) is 5.91 Å². The number of thiophene rings is 1. The van der Waals surface area contributed by atoms with Gasteiger partial charge >= 0.3 is 6.09 Å². The van der Waals surface area contributed by atoms with Gasteiger partial charge in [-0.05, 0) is 68.2 Å². The Labute approximate surface area is 185 Å². The van der Waals surface area contributed by atoms with E-state index in [1.165, 1.54) is 23.8 Å². The van der Waals surface area contributed by atoms with Crippen molar-refractivity contribution in [1.82, 2.24) is 4.90 Å². The molecular weight excluding hydrogens is 414 g/mol. The summed E-state index contributed by atoms with van der Waals surface area (Å²) in [6, 6.07) is 5.75. The van der Waals surface area contributed by atoms with E-state index in [2.05, 4.69) is 11.4 Å². The van der Waals surface area contributed by atoms with Gasteiger partial charge in [0.1, 0.15) is 16.8 Å². The summed E-state index contributed by atoms with van der Waals surface area (Å²) in [6.45, 7) is 1.95. The van der Waals surface area contributed by atoms with E-state index in [0.717, 1.165) is 55.6 Å². The van der Waals surface area contributed by atoms with Crippen LogP contribution in [0.2, 0.25) is 0 Å². The molecule has 1 N–H and O–H groups in total. The zero-order chi connectivity index (χ0) is 21.6. The Morgan fingerprint density at radius 2 is 2.19 bits per heavy atom. The highest BCUT2D eigenvalue weighted by atomic mass is 32.1. The van der Waals surface area contributed by atoms with Crippen molar-refractivity contribution >= 4 is 34.4 Å². The second kappa shape index (κ2) is 9.84. The average Bonchev–Trinajstić information content (AvgIpc) is 3.43. The lowest BCUT2D eigenvalue weighted by molar-refractivity contribution is -0.111. The molecule has 8 heteroatoms. The van der Waals surface area contributed by atoms with E-state index in [9.17, 15) is 14.9 Å². The number of hydrogen-bond donors (Lipinski definition) is 1. The molecular formula is C23H25N3O4S. The van der Waals surface area contributed by atoms with Crippen molar-refractivity contribution in [1.29, 1.82) is 5.26 Å². The fourth-order valence-electron chi connectivity index (χ4n) is 4.06. The number of amides is 2. The molecule has 1 fully saturated rings. The largest absolute Gasteiger partial charge is 0.465 e. The van der Waals surface area contributed by atoms with Crippen molar-refractivity contribution in [2.75, 3.05) is 25.0 Å². The van der Waals surface area contributed by atoms with Crippen LogP contribution in [0.5, 0.6) is 0 Å². The molecule has 0 spiro atoms. The van der Waals surface area contributed by atoms with E-state index >= 15 is 0 Å². The Kier molecular flexibility index (Phi) is 6.73. The number of fused-ring (bicyclic) bond motifs is 1. The number of piperidine rings is 1. The van der Waals surface area contributed by atoms with Crippen molar-refractivity contribution in [2.24, 2.45) is 5.92 Å². The molecule has 7 nitrogen and oxygen atoms in total. The molecule has 162 valence electrons. The predicted molar refractivity (Wildman–Crippen MR) is 118 cm³/mol. The van der Waals surface area contributed by atoms with E-state index in [-0.39, 0.29) is 17.9 Å². The molecule has 0 aromatic carbocycles. The van der Waals surface area contributed by atoms with E-state index in [0.29, 0.717) is 22.9 Å². The van der Waals surface area contributed by atoms with Crippen LogP contribution in [0.25, 0.3) is 6.08 Å². The lowest BCUT2D eigenvalue weighted by Crippen LogP contribution is -2.37. The van der Waals surface area contributed by atoms with Crippen molar-refractivity contribution in [2.45, 2.75) is 38.5 Å². The molecule has 1 aliphatic heterocycles. The van der Waals surface area contributed by atoms with Gasteiger partial charge in [-0.3, -0.25) is 4.79 Å². The third-order valence-corrected chi connectivity index (χ3v) is 6.88. The van der Waals surface area contributed by atoms with E-state index in [1.54, 1.807) is 29.4 Å². The maximum Gasteiger partial charge on any atom is 0.409 e. The van der Waals surface area contributed by atoms with E-state index in [4.69, 9.17) is 9.15 Å². The van der Waals surface area contributed by atoms with Crippen molar-refractivity contribution < 1.29 is 18.7 Å². The summed E-state index contributed by atoms with van der Waals surface area (Å²) in [7, 11) is 0. The smallest absolute Gasteiger partial charge is 0.409 e. The zero-order valence-corrected chi connectivity index (χ0v) is 18.1. The van der Waals surface area contributed by atoms with Gasteiger partial charge in [-0.25, -0.2) is 4.79 Å². The first kappa shape index (κ1) is 21.2. The monoisotopic (exact) mass is 439 g/mol. The number of anilines is 1. The number of carbonyl (C=O) groups excluding carboxylic acids is 2. The van der Waals surface area contributed by atoms with Gasteiger partial charge < -0.3 is 19.4 Å². The first-order valence-electron chi connectivity index (χ1n) is 10.6. The minimum Gasteiger partial charge on any atom is -0.465 e. The van der Waals surface area contributed by atoms with Crippen LogP contribution in [0, 0.1) is 17.2 Å². The molecule has 1 atom stereocenters. The van der Waals surface area contributed by atoms with Crippen LogP contribution in [0.1, 0.15) is 47.4 Å². The van der Waals surface area contributed by atoms with Gasteiger partial charge in [-0.15, -0.1) is 11.3 Å². The molecule has 0 bridgehead atoms. The normalized spacial score (nSPS) is 18.4. The molecule has 1 aliphatic carbocycles. The number of carbonyl (C=O) groups is 2. The fourth-order valence-corrected chi connectivity index (χ4v) is 5.37. The standard InChI is InChI=1S/C23H25N3O4S/c24-14-19-18-8-6-16(15-30-23(28)26-10-2-1-3-11-26)13-20(18)31-22(19)25-21(27)9-7-17-5-4-12-29-17/h4-5,7,9,12,16H,1-3,6,8,10-11,13,15H2,(H,25,27)/b9-7+. The minimum absolute atomic E-state index is 0.217. The number of hydrogen-bond acceptors (Lipinski definition) is 6. The molecule has 2 aromatic heterocycles. The van der Waals surface area contributed by atoms with Crippen LogP contribution in [-0.2, 0) is 22.4 Å². The van der Waals surface area contributed by atoms with Gasteiger partial charge in [0, 0.05) is 24.0 Å². The lowest BCUT2D eigenvalue weighted by Gasteiger charge is -2.27. The predicted octanol–water partition coefficient (Wildman–Crippen LogP) is 4.59. The molecule has 2 amide bonds. The highest BCUT2D eigenvalue weighted by Crippen LogP contribution is 2.39. The van der Waals surface area contributed by atoms with Crippen molar-refractivity contribution in [3.05, 3.63) is 46.2 Å².